The largest absolute Gasteiger partial charge is 0.329 e. The van der Waals surface area contributed by atoms with Gasteiger partial charge in [0.15, 0.2) is 0 Å². The van der Waals surface area contributed by atoms with Crippen LogP contribution in [0.15, 0.2) is 12.4 Å². The van der Waals surface area contributed by atoms with E-state index in [0.717, 1.165) is 19.1 Å². The molecule has 100 valence electrons. The highest BCUT2D eigenvalue weighted by Crippen LogP contribution is 2.29. The molecule has 1 unspecified atom stereocenters. The Morgan fingerprint density at radius 2 is 2.06 bits per heavy atom. The molecule has 0 spiro atoms. The van der Waals surface area contributed by atoms with Crippen LogP contribution in [-0.4, -0.2) is 58.3 Å². The van der Waals surface area contributed by atoms with E-state index in [4.69, 9.17) is 5.73 Å². The fourth-order valence-electron chi connectivity index (χ4n) is 2.96. The van der Waals surface area contributed by atoms with Gasteiger partial charge in [0.25, 0.3) is 0 Å². The summed E-state index contributed by atoms with van der Waals surface area (Å²) in [6.07, 6.45) is 6.85. The number of rotatable bonds is 4. The third-order valence-electron chi connectivity index (χ3n) is 4.19. The van der Waals surface area contributed by atoms with Gasteiger partial charge < -0.3 is 5.73 Å². The standard InChI is InChI=1S/C13H23N5/c1-16-10-11(9-15-16)13(8-14)18-6-4-17(5-7-18)12-2-3-12/h9-10,12-13H,2-8,14H2,1H3. The smallest absolute Gasteiger partial charge is 0.0538 e. The van der Waals surface area contributed by atoms with Crippen LogP contribution in [0.3, 0.4) is 0 Å². The second-order valence-electron chi connectivity index (χ2n) is 5.50. The normalized spacial score (nSPS) is 24.3. The second kappa shape index (κ2) is 4.99. The summed E-state index contributed by atoms with van der Waals surface area (Å²) in [4.78, 5) is 5.14. The minimum atomic E-state index is 0.333. The molecule has 3 rings (SSSR count). The molecular weight excluding hydrogens is 226 g/mol. The molecule has 2 N–H and O–H groups in total. The number of hydrogen-bond donors (Lipinski definition) is 1. The van der Waals surface area contributed by atoms with Crippen LogP contribution in [0, 0.1) is 0 Å². The molecule has 2 fully saturated rings. The van der Waals surface area contributed by atoms with Crippen molar-refractivity contribution in [3.05, 3.63) is 18.0 Å². The summed E-state index contributed by atoms with van der Waals surface area (Å²) in [6.45, 7) is 5.33. The Morgan fingerprint density at radius 1 is 1.33 bits per heavy atom. The molecule has 1 aromatic heterocycles. The minimum absolute atomic E-state index is 0.333. The van der Waals surface area contributed by atoms with E-state index in [1.165, 1.54) is 31.5 Å². The number of piperazine rings is 1. The number of hydrogen-bond acceptors (Lipinski definition) is 4. The zero-order chi connectivity index (χ0) is 12.5. The lowest BCUT2D eigenvalue weighted by Crippen LogP contribution is -2.49. The van der Waals surface area contributed by atoms with E-state index in [2.05, 4.69) is 21.1 Å². The molecule has 0 bridgehead atoms. The zero-order valence-corrected chi connectivity index (χ0v) is 11.1. The number of nitrogens with zero attached hydrogens (tertiary/aromatic N) is 4. The topological polar surface area (TPSA) is 50.3 Å². The predicted octanol–water partition coefficient (Wildman–Crippen LogP) is 0.200. The fraction of sp³-hybridized carbons (Fsp3) is 0.769. The first-order valence-corrected chi connectivity index (χ1v) is 6.94. The maximum absolute atomic E-state index is 5.96. The average Bonchev–Trinajstić information content (AvgIpc) is 3.15. The lowest BCUT2D eigenvalue weighted by atomic mass is 10.1. The Kier molecular flexibility index (Phi) is 3.37. The van der Waals surface area contributed by atoms with E-state index in [0.29, 0.717) is 12.6 Å². The third kappa shape index (κ3) is 2.43. The molecule has 2 heterocycles. The van der Waals surface area contributed by atoms with Gasteiger partial charge in [-0.2, -0.15) is 5.10 Å². The maximum Gasteiger partial charge on any atom is 0.0538 e. The summed E-state index contributed by atoms with van der Waals surface area (Å²) < 4.78 is 1.86. The van der Waals surface area contributed by atoms with Crippen LogP contribution in [0.1, 0.15) is 24.4 Å². The maximum atomic E-state index is 5.96. The van der Waals surface area contributed by atoms with Gasteiger partial charge >= 0.3 is 0 Å². The summed E-state index contributed by atoms with van der Waals surface area (Å²) in [6, 6.07) is 1.22. The second-order valence-corrected chi connectivity index (χ2v) is 5.50. The highest BCUT2D eigenvalue weighted by Gasteiger charge is 2.33. The molecule has 1 aromatic rings. The average molecular weight is 249 g/mol. The molecule has 1 aliphatic heterocycles. The van der Waals surface area contributed by atoms with Gasteiger partial charge in [-0.25, -0.2) is 0 Å². The molecule has 1 saturated carbocycles. The molecule has 1 aliphatic carbocycles. The van der Waals surface area contributed by atoms with Crippen molar-refractivity contribution in [1.29, 1.82) is 0 Å². The van der Waals surface area contributed by atoms with Crippen molar-refractivity contribution in [3.63, 3.8) is 0 Å². The molecule has 5 nitrogen and oxygen atoms in total. The van der Waals surface area contributed by atoms with Crippen molar-refractivity contribution >= 4 is 0 Å². The van der Waals surface area contributed by atoms with Crippen molar-refractivity contribution in [3.8, 4) is 0 Å². The van der Waals surface area contributed by atoms with E-state index >= 15 is 0 Å². The number of aromatic nitrogens is 2. The minimum Gasteiger partial charge on any atom is -0.329 e. The van der Waals surface area contributed by atoms with Crippen LogP contribution in [0.5, 0.6) is 0 Å². The molecule has 0 aromatic carbocycles. The van der Waals surface area contributed by atoms with Crippen molar-refractivity contribution in [1.82, 2.24) is 19.6 Å². The summed E-state index contributed by atoms with van der Waals surface area (Å²) >= 11 is 0. The Bertz CT molecular complexity index is 390. The Hall–Kier alpha value is -0.910. The van der Waals surface area contributed by atoms with Crippen LogP contribution in [0.25, 0.3) is 0 Å². The fourth-order valence-corrected chi connectivity index (χ4v) is 2.96. The molecule has 0 radical (unpaired) electrons. The van der Waals surface area contributed by atoms with Crippen molar-refractivity contribution in [2.24, 2.45) is 12.8 Å². The van der Waals surface area contributed by atoms with Crippen molar-refractivity contribution in [2.75, 3.05) is 32.7 Å². The quantitative estimate of drug-likeness (QED) is 0.828. The van der Waals surface area contributed by atoms with Gasteiger partial charge in [-0.05, 0) is 12.8 Å². The van der Waals surface area contributed by atoms with Crippen molar-refractivity contribution < 1.29 is 0 Å². The van der Waals surface area contributed by atoms with Gasteiger partial charge in [-0.15, -0.1) is 0 Å². The van der Waals surface area contributed by atoms with Gasteiger partial charge in [0.2, 0.25) is 0 Å². The monoisotopic (exact) mass is 249 g/mol. The van der Waals surface area contributed by atoms with Crippen LogP contribution in [0.2, 0.25) is 0 Å². The predicted molar refractivity (Wildman–Crippen MR) is 71.2 cm³/mol. The Morgan fingerprint density at radius 3 is 2.56 bits per heavy atom. The molecule has 2 aliphatic rings. The number of aryl methyl sites for hydroxylation is 1. The Labute approximate surface area is 109 Å². The van der Waals surface area contributed by atoms with Gasteiger partial charge in [0.05, 0.1) is 12.2 Å². The van der Waals surface area contributed by atoms with Gasteiger partial charge in [-0.1, -0.05) is 0 Å². The van der Waals surface area contributed by atoms with E-state index in [1.54, 1.807) is 0 Å². The lowest BCUT2D eigenvalue weighted by molar-refractivity contribution is 0.0938. The zero-order valence-electron chi connectivity index (χ0n) is 11.1. The highest BCUT2D eigenvalue weighted by molar-refractivity contribution is 5.11. The Balaban J connectivity index is 1.62. The third-order valence-corrected chi connectivity index (χ3v) is 4.19. The molecule has 5 heteroatoms. The van der Waals surface area contributed by atoms with Crippen molar-refractivity contribution in [2.45, 2.75) is 24.9 Å². The molecule has 1 saturated heterocycles. The van der Waals surface area contributed by atoms with E-state index < -0.39 is 0 Å². The summed E-state index contributed by atoms with van der Waals surface area (Å²) in [7, 11) is 1.96. The first-order valence-electron chi connectivity index (χ1n) is 6.94. The summed E-state index contributed by atoms with van der Waals surface area (Å²) in [5.74, 6) is 0. The van der Waals surface area contributed by atoms with E-state index in [9.17, 15) is 0 Å². The van der Waals surface area contributed by atoms with Gasteiger partial charge in [0.1, 0.15) is 0 Å². The lowest BCUT2D eigenvalue weighted by Gasteiger charge is -2.38. The molecule has 18 heavy (non-hydrogen) atoms. The van der Waals surface area contributed by atoms with E-state index in [-0.39, 0.29) is 0 Å². The molecule has 1 atom stereocenters. The molecular formula is C13H23N5. The highest BCUT2D eigenvalue weighted by atomic mass is 15.3. The molecule has 0 amide bonds. The van der Waals surface area contributed by atoms with Crippen LogP contribution < -0.4 is 5.73 Å². The SMILES string of the molecule is Cn1cc(C(CN)N2CCN(C3CC3)CC2)cn1. The summed E-state index contributed by atoms with van der Waals surface area (Å²) in [5.41, 5.74) is 7.21. The number of nitrogens with two attached hydrogens (primary N) is 1. The van der Waals surface area contributed by atoms with Gasteiger partial charge in [0, 0.05) is 57.6 Å². The van der Waals surface area contributed by atoms with E-state index in [1.807, 2.05) is 17.9 Å². The van der Waals surface area contributed by atoms with Crippen LogP contribution in [0.4, 0.5) is 0 Å². The van der Waals surface area contributed by atoms with Gasteiger partial charge in [-0.3, -0.25) is 14.5 Å². The van der Waals surface area contributed by atoms with Crippen LogP contribution in [-0.2, 0) is 7.05 Å². The summed E-state index contributed by atoms with van der Waals surface area (Å²) in [5, 5.41) is 4.26. The van der Waals surface area contributed by atoms with Crippen LogP contribution >= 0.6 is 0 Å². The first kappa shape index (κ1) is 12.1. The first-order chi connectivity index (χ1) is 8.78.